The first kappa shape index (κ1) is 19.6. The van der Waals surface area contributed by atoms with Gasteiger partial charge in [-0.05, 0) is 47.5 Å². The molecule has 0 radical (unpaired) electrons. The van der Waals surface area contributed by atoms with Crippen molar-refractivity contribution in [3.05, 3.63) is 105 Å². The first-order valence-corrected chi connectivity index (χ1v) is 9.59. The molecule has 1 aliphatic heterocycles. The van der Waals surface area contributed by atoms with Crippen LogP contribution in [-0.4, -0.2) is 11.7 Å². The lowest BCUT2D eigenvalue weighted by atomic mass is 9.93. The first-order chi connectivity index (χ1) is 14.5. The van der Waals surface area contributed by atoms with Gasteiger partial charge < -0.3 is 5.32 Å². The Balaban J connectivity index is 1.62. The number of rotatable bonds is 2. The standard InChI is InChI=1S/C25H15ClFNO2/c26-21-11-9-18(15-22(21)27)14-20-24(29)19-13-17(10-12-23(19)28-25(20)30)8-4-7-16-5-2-1-3-6-16/h1-3,5-6,9-15H,7H2,(H,28,30). The van der Waals surface area contributed by atoms with Gasteiger partial charge in [0, 0.05) is 17.5 Å². The Labute approximate surface area is 178 Å². The molecule has 5 heteroatoms. The summed E-state index contributed by atoms with van der Waals surface area (Å²) in [7, 11) is 0. The van der Waals surface area contributed by atoms with Crippen LogP contribution in [0.15, 0.2) is 72.3 Å². The third-order valence-corrected chi connectivity index (χ3v) is 4.93. The van der Waals surface area contributed by atoms with E-state index in [0.29, 0.717) is 28.8 Å². The highest BCUT2D eigenvalue weighted by Crippen LogP contribution is 2.28. The molecule has 3 nitrogen and oxygen atoms in total. The van der Waals surface area contributed by atoms with Crippen LogP contribution in [0.2, 0.25) is 5.02 Å². The molecule has 0 aliphatic carbocycles. The summed E-state index contributed by atoms with van der Waals surface area (Å²) < 4.78 is 13.7. The summed E-state index contributed by atoms with van der Waals surface area (Å²) in [6.45, 7) is 0. The highest BCUT2D eigenvalue weighted by molar-refractivity contribution is 6.36. The number of Topliss-reactive ketones (excluding diaryl/α,β-unsaturated/α-hetero) is 1. The van der Waals surface area contributed by atoms with Gasteiger partial charge >= 0.3 is 0 Å². The van der Waals surface area contributed by atoms with Gasteiger partial charge in [0.1, 0.15) is 5.82 Å². The molecule has 0 bridgehead atoms. The fourth-order valence-corrected chi connectivity index (χ4v) is 3.22. The number of anilines is 1. The zero-order chi connectivity index (χ0) is 21.1. The Morgan fingerprint density at radius 1 is 1.00 bits per heavy atom. The second-order valence-electron chi connectivity index (χ2n) is 6.74. The van der Waals surface area contributed by atoms with Gasteiger partial charge in [0.15, 0.2) is 0 Å². The molecule has 1 amide bonds. The molecule has 0 spiro atoms. The normalized spacial score (nSPS) is 14.0. The van der Waals surface area contributed by atoms with Crippen LogP contribution in [-0.2, 0) is 11.2 Å². The molecular formula is C25H15ClFNO2. The van der Waals surface area contributed by atoms with Gasteiger partial charge in [0.25, 0.3) is 5.91 Å². The molecule has 146 valence electrons. The van der Waals surface area contributed by atoms with Crippen molar-refractivity contribution in [3.8, 4) is 11.8 Å². The second-order valence-corrected chi connectivity index (χ2v) is 7.15. The van der Waals surface area contributed by atoms with Gasteiger partial charge in [-0.15, -0.1) is 0 Å². The van der Waals surface area contributed by atoms with E-state index in [4.69, 9.17) is 11.6 Å². The summed E-state index contributed by atoms with van der Waals surface area (Å²) in [4.78, 5) is 25.3. The molecule has 3 aromatic rings. The Bertz CT molecular complexity index is 1250. The van der Waals surface area contributed by atoms with E-state index >= 15 is 0 Å². The Morgan fingerprint density at radius 3 is 2.57 bits per heavy atom. The van der Waals surface area contributed by atoms with E-state index < -0.39 is 17.5 Å². The van der Waals surface area contributed by atoms with E-state index in [1.165, 1.54) is 18.2 Å². The molecule has 0 saturated carbocycles. The zero-order valence-corrected chi connectivity index (χ0v) is 16.5. The summed E-state index contributed by atoms with van der Waals surface area (Å²) in [5.74, 6) is 4.56. The van der Waals surface area contributed by atoms with Crippen LogP contribution in [0.1, 0.15) is 27.0 Å². The lowest BCUT2D eigenvalue weighted by molar-refractivity contribution is -0.112. The smallest absolute Gasteiger partial charge is 0.259 e. The molecule has 0 fully saturated rings. The van der Waals surface area contributed by atoms with Gasteiger partial charge in [0.05, 0.1) is 16.3 Å². The Morgan fingerprint density at radius 2 is 1.80 bits per heavy atom. The second kappa shape index (κ2) is 8.36. The molecule has 30 heavy (non-hydrogen) atoms. The molecule has 4 rings (SSSR count). The van der Waals surface area contributed by atoms with Crippen LogP contribution >= 0.6 is 11.6 Å². The van der Waals surface area contributed by atoms with Crippen molar-refractivity contribution in [2.75, 3.05) is 5.32 Å². The number of benzene rings is 3. The summed E-state index contributed by atoms with van der Waals surface area (Å²) >= 11 is 5.69. The van der Waals surface area contributed by atoms with Crippen LogP contribution in [0.3, 0.4) is 0 Å². The number of halogens is 2. The summed E-state index contributed by atoms with van der Waals surface area (Å²) in [6.07, 6.45) is 1.95. The van der Waals surface area contributed by atoms with Crippen LogP contribution < -0.4 is 5.32 Å². The molecule has 1 aliphatic rings. The zero-order valence-electron chi connectivity index (χ0n) is 15.7. The maximum absolute atomic E-state index is 13.7. The van der Waals surface area contributed by atoms with E-state index in [1.807, 2.05) is 30.3 Å². The minimum Gasteiger partial charge on any atom is -0.321 e. The number of hydrogen-bond acceptors (Lipinski definition) is 2. The molecule has 0 unspecified atom stereocenters. The van der Waals surface area contributed by atoms with E-state index in [9.17, 15) is 14.0 Å². The first-order valence-electron chi connectivity index (χ1n) is 9.21. The van der Waals surface area contributed by atoms with Gasteiger partial charge in [-0.25, -0.2) is 4.39 Å². The van der Waals surface area contributed by atoms with Crippen LogP contribution in [0, 0.1) is 17.7 Å². The number of carbonyl (C=O) groups is 2. The number of nitrogens with one attached hydrogen (secondary N) is 1. The third kappa shape index (κ3) is 4.17. The average molecular weight is 416 g/mol. The van der Waals surface area contributed by atoms with Crippen molar-refractivity contribution in [1.29, 1.82) is 0 Å². The monoisotopic (exact) mass is 415 g/mol. The topological polar surface area (TPSA) is 46.2 Å². The predicted octanol–water partition coefficient (Wildman–Crippen LogP) is 5.29. The van der Waals surface area contributed by atoms with Crippen molar-refractivity contribution in [3.63, 3.8) is 0 Å². The van der Waals surface area contributed by atoms with Crippen molar-refractivity contribution < 1.29 is 14.0 Å². The van der Waals surface area contributed by atoms with Gasteiger partial charge in [-0.1, -0.05) is 59.8 Å². The summed E-state index contributed by atoms with van der Waals surface area (Å²) in [5, 5.41) is 2.67. The molecular weight excluding hydrogens is 401 g/mol. The minimum atomic E-state index is -0.619. The minimum absolute atomic E-state index is 0.0272. The quantitative estimate of drug-likeness (QED) is 0.351. The molecule has 0 saturated heterocycles. The molecule has 0 atom stereocenters. The number of amides is 1. The molecule has 1 heterocycles. The van der Waals surface area contributed by atoms with E-state index in [1.54, 1.807) is 24.3 Å². The Hall–Kier alpha value is -3.68. The van der Waals surface area contributed by atoms with Crippen molar-refractivity contribution in [2.45, 2.75) is 6.42 Å². The summed E-state index contributed by atoms with van der Waals surface area (Å²) in [6, 6.07) is 19.0. The fraction of sp³-hybridized carbons (Fsp3) is 0.0400. The predicted molar refractivity (Wildman–Crippen MR) is 116 cm³/mol. The van der Waals surface area contributed by atoms with Crippen LogP contribution in [0.5, 0.6) is 0 Å². The number of ketones is 1. The fourth-order valence-electron chi connectivity index (χ4n) is 3.10. The maximum Gasteiger partial charge on any atom is 0.259 e. The lowest BCUT2D eigenvalue weighted by Crippen LogP contribution is -2.27. The third-order valence-electron chi connectivity index (χ3n) is 4.62. The molecule has 0 aromatic heterocycles. The lowest BCUT2D eigenvalue weighted by Gasteiger charge is -2.18. The highest BCUT2D eigenvalue weighted by atomic mass is 35.5. The molecule has 1 N–H and O–H groups in total. The Kier molecular flexibility index (Phi) is 5.47. The van der Waals surface area contributed by atoms with E-state index in [0.717, 1.165) is 5.56 Å². The largest absolute Gasteiger partial charge is 0.321 e. The van der Waals surface area contributed by atoms with Crippen molar-refractivity contribution in [2.24, 2.45) is 0 Å². The highest BCUT2D eigenvalue weighted by Gasteiger charge is 2.28. The van der Waals surface area contributed by atoms with Crippen molar-refractivity contribution in [1.82, 2.24) is 0 Å². The maximum atomic E-state index is 13.7. The van der Waals surface area contributed by atoms with Crippen LogP contribution in [0.4, 0.5) is 10.1 Å². The van der Waals surface area contributed by atoms with Crippen LogP contribution in [0.25, 0.3) is 6.08 Å². The number of carbonyl (C=O) groups excluding carboxylic acids is 2. The number of fused-ring (bicyclic) bond motifs is 1. The summed E-state index contributed by atoms with van der Waals surface area (Å²) in [5.41, 5.74) is 2.86. The average Bonchev–Trinajstić information content (AvgIpc) is 2.75. The van der Waals surface area contributed by atoms with E-state index in [2.05, 4.69) is 17.2 Å². The number of hydrogen-bond donors (Lipinski definition) is 1. The van der Waals surface area contributed by atoms with Gasteiger partial charge in [0.2, 0.25) is 5.78 Å². The van der Waals surface area contributed by atoms with Crippen molar-refractivity contribution >= 4 is 35.1 Å². The van der Waals surface area contributed by atoms with Gasteiger partial charge in [-0.2, -0.15) is 0 Å². The molecule has 3 aromatic carbocycles. The van der Waals surface area contributed by atoms with Gasteiger partial charge in [-0.3, -0.25) is 9.59 Å². The SMILES string of the molecule is O=C1Nc2ccc(C#CCc3ccccc3)cc2C(=O)C1=Cc1ccc(Cl)c(F)c1. The van der Waals surface area contributed by atoms with E-state index in [-0.39, 0.29) is 10.6 Å².